The van der Waals surface area contributed by atoms with Crippen LogP contribution in [0, 0.1) is 0 Å². The smallest absolute Gasteiger partial charge is 0.147 e. The number of ketones is 1. The molecule has 0 saturated heterocycles. The van der Waals surface area contributed by atoms with Gasteiger partial charge in [0.05, 0.1) is 6.54 Å². The molecular weight excluding hydrogens is 104 g/mol. The SMILES string of the molecule is CCC(=O)CNNC. The van der Waals surface area contributed by atoms with E-state index in [1.54, 1.807) is 7.05 Å². The van der Waals surface area contributed by atoms with Crippen LogP contribution < -0.4 is 10.9 Å². The fourth-order valence-electron chi connectivity index (χ4n) is 0.312. The summed E-state index contributed by atoms with van der Waals surface area (Å²) in [6.07, 6.45) is 0.606. The molecule has 0 unspecified atom stereocenters. The molecule has 3 heteroatoms. The highest BCUT2D eigenvalue weighted by molar-refractivity contribution is 5.79. The van der Waals surface area contributed by atoms with Crippen LogP contribution in [0.2, 0.25) is 0 Å². The Labute approximate surface area is 49.4 Å². The van der Waals surface area contributed by atoms with Crippen molar-refractivity contribution in [2.24, 2.45) is 0 Å². The first kappa shape index (κ1) is 7.59. The molecule has 0 aromatic carbocycles. The summed E-state index contributed by atoms with van der Waals surface area (Å²) in [7, 11) is 1.74. The van der Waals surface area contributed by atoms with Crippen LogP contribution in [0.5, 0.6) is 0 Å². The molecule has 3 nitrogen and oxygen atoms in total. The van der Waals surface area contributed by atoms with Gasteiger partial charge in [0.25, 0.3) is 0 Å². The van der Waals surface area contributed by atoms with Crippen molar-refractivity contribution in [2.75, 3.05) is 13.6 Å². The first-order valence-electron chi connectivity index (χ1n) is 2.72. The van der Waals surface area contributed by atoms with E-state index in [1.807, 2.05) is 6.92 Å². The van der Waals surface area contributed by atoms with Crippen LogP contribution in [-0.2, 0) is 4.79 Å². The van der Waals surface area contributed by atoms with Crippen molar-refractivity contribution < 1.29 is 4.79 Å². The average Bonchev–Trinajstić information content (AvgIpc) is 1.83. The number of rotatable bonds is 4. The quantitative estimate of drug-likeness (QED) is 0.495. The third-order valence-electron chi connectivity index (χ3n) is 0.857. The Morgan fingerprint density at radius 1 is 1.62 bits per heavy atom. The number of Topliss-reactive ketones (excluding diaryl/α,β-unsaturated/α-hetero) is 1. The summed E-state index contributed by atoms with van der Waals surface area (Å²) in [6, 6.07) is 0. The molecule has 0 amide bonds. The van der Waals surface area contributed by atoms with Crippen molar-refractivity contribution >= 4 is 5.78 Å². The second-order valence-corrected chi connectivity index (χ2v) is 1.50. The molecule has 0 saturated carbocycles. The maximum atomic E-state index is 10.5. The molecule has 0 aliphatic carbocycles. The van der Waals surface area contributed by atoms with Gasteiger partial charge >= 0.3 is 0 Å². The van der Waals surface area contributed by atoms with Gasteiger partial charge in [0, 0.05) is 6.42 Å². The number of hydrogen-bond acceptors (Lipinski definition) is 3. The van der Waals surface area contributed by atoms with Gasteiger partial charge in [0.15, 0.2) is 0 Å². The number of nitrogens with one attached hydrogen (secondary N) is 2. The van der Waals surface area contributed by atoms with Crippen molar-refractivity contribution in [3.63, 3.8) is 0 Å². The number of hydrazine groups is 1. The van der Waals surface area contributed by atoms with E-state index >= 15 is 0 Å². The fourth-order valence-corrected chi connectivity index (χ4v) is 0.312. The molecule has 2 N–H and O–H groups in total. The molecule has 0 heterocycles. The maximum absolute atomic E-state index is 10.5. The average molecular weight is 116 g/mol. The summed E-state index contributed by atoms with van der Waals surface area (Å²) in [4.78, 5) is 10.5. The highest BCUT2D eigenvalue weighted by Crippen LogP contribution is 1.74. The monoisotopic (exact) mass is 116 g/mol. The van der Waals surface area contributed by atoms with Gasteiger partial charge in [-0.15, -0.1) is 0 Å². The van der Waals surface area contributed by atoms with Crippen LogP contribution >= 0.6 is 0 Å². The van der Waals surface area contributed by atoms with Gasteiger partial charge in [-0.1, -0.05) is 6.92 Å². The van der Waals surface area contributed by atoms with Crippen molar-refractivity contribution in [2.45, 2.75) is 13.3 Å². The predicted octanol–water partition coefficient (Wildman–Crippen LogP) is -0.311. The van der Waals surface area contributed by atoms with Crippen LogP contribution in [0.25, 0.3) is 0 Å². The minimum absolute atomic E-state index is 0.222. The standard InChI is InChI=1S/C5H12N2O/c1-3-5(8)4-7-6-2/h6-7H,3-4H2,1-2H3. The molecule has 0 fully saturated rings. The van der Waals surface area contributed by atoms with E-state index in [9.17, 15) is 4.79 Å². The third-order valence-corrected chi connectivity index (χ3v) is 0.857. The van der Waals surface area contributed by atoms with Crippen molar-refractivity contribution in [1.29, 1.82) is 0 Å². The first-order chi connectivity index (χ1) is 3.81. The lowest BCUT2D eigenvalue weighted by molar-refractivity contribution is -0.118. The molecule has 0 aromatic heterocycles. The molecular formula is C5H12N2O. The van der Waals surface area contributed by atoms with E-state index < -0.39 is 0 Å². The van der Waals surface area contributed by atoms with E-state index in [0.717, 1.165) is 0 Å². The zero-order valence-corrected chi connectivity index (χ0v) is 5.32. The Morgan fingerprint density at radius 3 is 2.62 bits per heavy atom. The van der Waals surface area contributed by atoms with E-state index in [4.69, 9.17) is 0 Å². The van der Waals surface area contributed by atoms with Gasteiger partial charge in [0.1, 0.15) is 5.78 Å². The summed E-state index contributed by atoms with van der Waals surface area (Å²) < 4.78 is 0. The molecule has 0 aromatic rings. The Kier molecular flexibility index (Phi) is 4.50. The van der Waals surface area contributed by atoms with Crippen molar-refractivity contribution in [1.82, 2.24) is 10.9 Å². The Balaban J connectivity index is 2.99. The summed E-state index contributed by atoms with van der Waals surface area (Å²) >= 11 is 0. The lowest BCUT2D eigenvalue weighted by atomic mass is 10.3. The minimum Gasteiger partial charge on any atom is -0.298 e. The second-order valence-electron chi connectivity index (χ2n) is 1.50. The molecule has 0 bridgehead atoms. The van der Waals surface area contributed by atoms with Crippen LogP contribution in [0.1, 0.15) is 13.3 Å². The van der Waals surface area contributed by atoms with Gasteiger partial charge in [-0.3, -0.25) is 15.6 Å². The Bertz CT molecular complexity index is 72.8. The topological polar surface area (TPSA) is 41.1 Å². The summed E-state index contributed by atoms with van der Waals surface area (Å²) in [5.41, 5.74) is 5.36. The van der Waals surface area contributed by atoms with E-state index in [2.05, 4.69) is 10.9 Å². The molecule has 0 rings (SSSR count). The first-order valence-corrected chi connectivity index (χ1v) is 2.72. The van der Waals surface area contributed by atoms with Crippen molar-refractivity contribution in [3.05, 3.63) is 0 Å². The zero-order valence-electron chi connectivity index (χ0n) is 5.32. The molecule has 0 aliphatic heterocycles. The zero-order chi connectivity index (χ0) is 6.41. The van der Waals surface area contributed by atoms with Crippen LogP contribution in [0.15, 0.2) is 0 Å². The van der Waals surface area contributed by atoms with E-state index in [0.29, 0.717) is 13.0 Å². The molecule has 0 atom stereocenters. The molecule has 0 spiro atoms. The molecule has 8 heavy (non-hydrogen) atoms. The summed E-state index contributed by atoms with van der Waals surface area (Å²) in [5.74, 6) is 0.222. The van der Waals surface area contributed by atoms with E-state index in [1.165, 1.54) is 0 Å². The predicted molar refractivity (Wildman–Crippen MR) is 32.4 cm³/mol. The number of hydrogen-bond donors (Lipinski definition) is 2. The van der Waals surface area contributed by atoms with Gasteiger partial charge in [-0.2, -0.15) is 0 Å². The maximum Gasteiger partial charge on any atom is 0.147 e. The lowest BCUT2D eigenvalue weighted by Gasteiger charge is -1.96. The minimum atomic E-state index is 0.222. The highest BCUT2D eigenvalue weighted by atomic mass is 16.1. The van der Waals surface area contributed by atoms with E-state index in [-0.39, 0.29) is 5.78 Å². The van der Waals surface area contributed by atoms with Crippen LogP contribution in [-0.4, -0.2) is 19.4 Å². The number of carbonyl (C=O) groups excluding carboxylic acids is 1. The lowest BCUT2D eigenvalue weighted by Crippen LogP contribution is -2.32. The van der Waals surface area contributed by atoms with Gasteiger partial charge in [-0.25, -0.2) is 0 Å². The van der Waals surface area contributed by atoms with Gasteiger partial charge < -0.3 is 0 Å². The highest BCUT2D eigenvalue weighted by Gasteiger charge is 1.92. The third kappa shape index (κ3) is 3.77. The van der Waals surface area contributed by atoms with Gasteiger partial charge in [0.2, 0.25) is 0 Å². The Morgan fingerprint density at radius 2 is 2.25 bits per heavy atom. The van der Waals surface area contributed by atoms with Gasteiger partial charge in [-0.05, 0) is 7.05 Å². The second kappa shape index (κ2) is 4.74. The molecule has 0 aliphatic rings. The van der Waals surface area contributed by atoms with Crippen LogP contribution in [0.3, 0.4) is 0 Å². The molecule has 0 radical (unpaired) electrons. The Hall–Kier alpha value is -0.410. The largest absolute Gasteiger partial charge is 0.298 e. The van der Waals surface area contributed by atoms with Crippen LogP contribution in [0.4, 0.5) is 0 Å². The fraction of sp³-hybridized carbons (Fsp3) is 0.800. The van der Waals surface area contributed by atoms with Crippen molar-refractivity contribution in [3.8, 4) is 0 Å². The number of carbonyl (C=O) groups is 1. The summed E-state index contributed by atoms with van der Waals surface area (Å²) in [5, 5.41) is 0. The normalized spacial score (nSPS) is 9.25. The summed E-state index contributed by atoms with van der Waals surface area (Å²) in [6.45, 7) is 2.27. The molecule has 48 valence electrons.